The van der Waals surface area contributed by atoms with Crippen LogP contribution in [0.2, 0.25) is 0 Å². The van der Waals surface area contributed by atoms with Crippen molar-refractivity contribution in [2.45, 2.75) is 44.4 Å². The lowest BCUT2D eigenvalue weighted by molar-refractivity contribution is 0.0694. The van der Waals surface area contributed by atoms with Gasteiger partial charge in [-0.1, -0.05) is 0 Å². The summed E-state index contributed by atoms with van der Waals surface area (Å²) in [5.74, 6) is -0.491. The minimum atomic E-state index is -1.23. The molecule has 2 aromatic rings. The summed E-state index contributed by atoms with van der Waals surface area (Å²) in [6, 6.07) is 7.08. The molecule has 1 aromatic carbocycles. The number of nitrogens with zero attached hydrogens (tertiary/aromatic N) is 2. The van der Waals surface area contributed by atoms with E-state index in [0.29, 0.717) is 18.9 Å². The summed E-state index contributed by atoms with van der Waals surface area (Å²) in [4.78, 5) is 24.1. The average Bonchev–Trinajstić information content (AvgIpc) is 3.01. The lowest BCUT2D eigenvalue weighted by Gasteiger charge is -2.44. The average molecular weight is 428 g/mol. The third-order valence-corrected chi connectivity index (χ3v) is 6.11. The molecule has 2 unspecified atom stereocenters. The molecule has 31 heavy (non-hydrogen) atoms. The van der Waals surface area contributed by atoms with Gasteiger partial charge in [0.05, 0.1) is 30.0 Å². The molecule has 0 amide bonds. The SMILES string of the molecule is COCCCOc1ccc2c(c1)C1C(OC)CC(C)(C)N1n1cc(C(=O)O)c(=O)cc1-2. The number of benzene rings is 1. The molecule has 3 heterocycles. The smallest absolute Gasteiger partial charge is 0.341 e. The van der Waals surface area contributed by atoms with Crippen LogP contribution >= 0.6 is 0 Å². The standard InChI is InChI=1S/C23H28N2O6/c1-23(2)12-20(30-4)21-16-10-14(31-9-5-8-29-3)6-7-15(16)18-11-19(26)17(22(27)28)13-24(18)25(21)23/h6-7,10-11,13,20-21H,5,8-9,12H2,1-4H3,(H,27,28). The molecule has 0 saturated carbocycles. The minimum absolute atomic E-state index is 0.0988. The molecule has 2 aliphatic rings. The highest BCUT2D eigenvalue weighted by molar-refractivity contribution is 5.88. The van der Waals surface area contributed by atoms with Crippen molar-refractivity contribution in [2.75, 3.05) is 32.4 Å². The van der Waals surface area contributed by atoms with E-state index < -0.39 is 11.4 Å². The van der Waals surface area contributed by atoms with E-state index in [1.54, 1.807) is 14.2 Å². The maximum Gasteiger partial charge on any atom is 0.341 e. The van der Waals surface area contributed by atoms with Gasteiger partial charge in [0.2, 0.25) is 0 Å². The molecule has 8 heteroatoms. The summed E-state index contributed by atoms with van der Waals surface area (Å²) in [5, 5.41) is 11.6. The monoisotopic (exact) mass is 428 g/mol. The van der Waals surface area contributed by atoms with Crippen molar-refractivity contribution in [1.82, 2.24) is 4.68 Å². The van der Waals surface area contributed by atoms with Crippen molar-refractivity contribution in [1.29, 1.82) is 0 Å². The fourth-order valence-electron chi connectivity index (χ4n) is 4.77. The number of hydrogen-bond donors (Lipinski definition) is 1. The van der Waals surface area contributed by atoms with Crippen molar-refractivity contribution in [3.63, 3.8) is 0 Å². The molecular formula is C23H28N2O6. The number of ether oxygens (including phenoxy) is 3. The topological polar surface area (TPSA) is 90.2 Å². The van der Waals surface area contributed by atoms with Gasteiger partial charge in [0, 0.05) is 51.5 Å². The zero-order valence-corrected chi connectivity index (χ0v) is 18.3. The molecule has 2 aliphatic heterocycles. The van der Waals surface area contributed by atoms with E-state index in [2.05, 4.69) is 18.9 Å². The van der Waals surface area contributed by atoms with Gasteiger partial charge in [-0.05, 0) is 37.6 Å². The lowest BCUT2D eigenvalue weighted by atomic mass is 9.92. The van der Waals surface area contributed by atoms with Gasteiger partial charge in [-0.2, -0.15) is 0 Å². The molecule has 1 fully saturated rings. The summed E-state index contributed by atoms with van der Waals surface area (Å²) < 4.78 is 18.7. The van der Waals surface area contributed by atoms with Gasteiger partial charge in [-0.15, -0.1) is 0 Å². The number of pyridine rings is 1. The molecule has 0 radical (unpaired) electrons. The van der Waals surface area contributed by atoms with Crippen LogP contribution in [0.5, 0.6) is 5.75 Å². The van der Waals surface area contributed by atoms with E-state index in [1.165, 1.54) is 12.3 Å². The predicted molar refractivity (Wildman–Crippen MR) is 116 cm³/mol. The van der Waals surface area contributed by atoms with Gasteiger partial charge in [-0.25, -0.2) is 4.79 Å². The van der Waals surface area contributed by atoms with Gasteiger partial charge < -0.3 is 19.3 Å². The highest BCUT2D eigenvalue weighted by Gasteiger charge is 2.51. The zero-order valence-electron chi connectivity index (χ0n) is 18.3. The van der Waals surface area contributed by atoms with E-state index in [1.807, 2.05) is 22.9 Å². The van der Waals surface area contributed by atoms with Gasteiger partial charge in [-0.3, -0.25) is 14.5 Å². The largest absolute Gasteiger partial charge is 0.493 e. The molecular weight excluding hydrogens is 400 g/mol. The van der Waals surface area contributed by atoms with Crippen molar-refractivity contribution >= 4 is 5.97 Å². The number of fused-ring (bicyclic) bond motifs is 6. The summed E-state index contributed by atoms with van der Waals surface area (Å²) >= 11 is 0. The molecule has 8 nitrogen and oxygen atoms in total. The molecule has 1 aromatic heterocycles. The van der Waals surface area contributed by atoms with Crippen LogP contribution in [0.25, 0.3) is 11.3 Å². The Morgan fingerprint density at radius 3 is 2.68 bits per heavy atom. The Bertz CT molecular complexity index is 1060. The van der Waals surface area contributed by atoms with Crippen molar-refractivity contribution in [3.8, 4) is 17.0 Å². The number of hydrogen-bond acceptors (Lipinski definition) is 6. The quantitative estimate of drug-likeness (QED) is 0.678. The molecule has 0 bridgehead atoms. The summed E-state index contributed by atoms with van der Waals surface area (Å²) in [6.45, 7) is 5.36. The molecule has 1 saturated heterocycles. The Morgan fingerprint density at radius 2 is 2.00 bits per heavy atom. The second-order valence-corrected chi connectivity index (χ2v) is 8.61. The second kappa shape index (κ2) is 8.01. The number of carbonyl (C=O) groups is 1. The maximum atomic E-state index is 12.5. The van der Waals surface area contributed by atoms with Crippen molar-refractivity contribution < 1.29 is 24.1 Å². The Morgan fingerprint density at radius 1 is 1.23 bits per heavy atom. The van der Waals surface area contributed by atoms with Crippen LogP contribution in [0.4, 0.5) is 0 Å². The van der Waals surface area contributed by atoms with Crippen LogP contribution in [-0.4, -0.2) is 54.8 Å². The number of aromatic nitrogens is 1. The van der Waals surface area contributed by atoms with Crippen LogP contribution < -0.4 is 15.2 Å². The van der Waals surface area contributed by atoms with E-state index in [0.717, 1.165) is 29.7 Å². The number of rotatable bonds is 7. The fourth-order valence-corrected chi connectivity index (χ4v) is 4.77. The molecule has 166 valence electrons. The van der Waals surface area contributed by atoms with Crippen molar-refractivity contribution in [3.05, 3.63) is 51.8 Å². The van der Waals surface area contributed by atoms with Crippen LogP contribution in [0, 0.1) is 0 Å². The van der Waals surface area contributed by atoms with Gasteiger partial charge in [0.25, 0.3) is 0 Å². The van der Waals surface area contributed by atoms with Gasteiger partial charge in [0.1, 0.15) is 11.3 Å². The molecule has 1 N–H and O–H groups in total. The van der Waals surface area contributed by atoms with Crippen molar-refractivity contribution in [2.24, 2.45) is 0 Å². The summed E-state index contributed by atoms with van der Waals surface area (Å²) in [5.41, 5.74) is 1.46. The first-order valence-corrected chi connectivity index (χ1v) is 10.4. The number of carboxylic acid groups (broad SMARTS) is 1. The third kappa shape index (κ3) is 3.59. The summed E-state index contributed by atoms with van der Waals surface area (Å²) in [7, 11) is 3.36. The highest BCUT2D eigenvalue weighted by Crippen LogP contribution is 2.49. The maximum absolute atomic E-state index is 12.5. The highest BCUT2D eigenvalue weighted by atomic mass is 16.5. The number of carboxylic acids is 1. The second-order valence-electron chi connectivity index (χ2n) is 8.61. The lowest BCUT2D eigenvalue weighted by Crippen LogP contribution is -2.50. The van der Waals surface area contributed by atoms with E-state index in [9.17, 15) is 14.7 Å². The number of methoxy groups -OCH3 is 2. The van der Waals surface area contributed by atoms with Crippen LogP contribution in [-0.2, 0) is 9.47 Å². The zero-order chi connectivity index (χ0) is 22.3. The third-order valence-electron chi connectivity index (χ3n) is 6.11. The Labute approximate surface area is 180 Å². The van der Waals surface area contributed by atoms with E-state index in [-0.39, 0.29) is 23.2 Å². The first-order valence-electron chi connectivity index (χ1n) is 10.4. The molecule has 4 rings (SSSR count). The predicted octanol–water partition coefficient (Wildman–Crippen LogP) is 2.82. The Balaban J connectivity index is 1.87. The van der Waals surface area contributed by atoms with Crippen LogP contribution in [0.1, 0.15) is 48.7 Å². The first-order chi connectivity index (χ1) is 14.8. The molecule has 0 spiro atoms. The van der Waals surface area contributed by atoms with Crippen LogP contribution in [0.3, 0.4) is 0 Å². The van der Waals surface area contributed by atoms with Gasteiger partial charge in [0.15, 0.2) is 5.43 Å². The minimum Gasteiger partial charge on any atom is -0.493 e. The summed E-state index contributed by atoms with van der Waals surface area (Å²) in [6.07, 6.45) is 2.87. The normalized spacial score (nSPS) is 20.7. The van der Waals surface area contributed by atoms with E-state index >= 15 is 0 Å². The van der Waals surface area contributed by atoms with Gasteiger partial charge >= 0.3 is 5.97 Å². The van der Waals surface area contributed by atoms with Crippen LogP contribution in [0.15, 0.2) is 35.3 Å². The molecule has 2 atom stereocenters. The first kappa shape index (κ1) is 21.4. The van der Waals surface area contributed by atoms with E-state index in [4.69, 9.17) is 14.2 Å². The Hall–Kier alpha value is -2.84. The fraction of sp³-hybridized carbons (Fsp3) is 0.478. The molecule has 0 aliphatic carbocycles. The number of aromatic carboxylic acids is 1. The Kier molecular flexibility index (Phi) is 5.53.